The van der Waals surface area contributed by atoms with Crippen LogP contribution in [-0.2, 0) is 23.7 Å². The summed E-state index contributed by atoms with van der Waals surface area (Å²) >= 11 is 0. The number of ether oxygens (including phenoxy) is 5. The molecular formula is C10H16O5. The minimum Gasteiger partial charge on any atom is -0.379 e. The normalized spacial score (nSPS) is 41.6. The summed E-state index contributed by atoms with van der Waals surface area (Å²) in [5, 5.41) is 0. The highest BCUT2D eigenvalue weighted by Crippen LogP contribution is 2.27. The maximum Gasteiger partial charge on any atom is 0.184 e. The molecule has 5 nitrogen and oxygen atoms in total. The second kappa shape index (κ2) is 4.35. The van der Waals surface area contributed by atoms with Crippen molar-refractivity contribution in [3.05, 3.63) is 0 Å². The summed E-state index contributed by atoms with van der Waals surface area (Å²) < 4.78 is 26.3. The van der Waals surface area contributed by atoms with E-state index in [0.29, 0.717) is 25.4 Å². The highest BCUT2D eigenvalue weighted by molar-refractivity contribution is 4.78. The van der Waals surface area contributed by atoms with Crippen molar-refractivity contribution in [1.82, 2.24) is 0 Å². The first-order valence-electron chi connectivity index (χ1n) is 5.50. The highest BCUT2D eigenvalue weighted by Gasteiger charge is 2.41. The first kappa shape index (κ1) is 9.99. The van der Waals surface area contributed by atoms with E-state index in [-0.39, 0.29) is 12.4 Å². The fraction of sp³-hybridized carbons (Fsp3) is 1.00. The van der Waals surface area contributed by atoms with Gasteiger partial charge in [0.2, 0.25) is 0 Å². The van der Waals surface area contributed by atoms with Crippen LogP contribution in [0.3, 0.4) is 0 Å². The van der Waals surface area contributed by atoms with Crippen LogP contribution in [0.4, 0.5) is 0 Å². The molecule has 0 aliphatic carbocycles. The van der Waals surface area contributed by atoms with Gasteiger partial charge in [0.15, 0.2) is 6.29 Å². The molecule has 86 valence electrons. The molecule has 3 heterocycles. The zero-order valence-electron chi connectivity index (χ0n) is 8.59. The summed E-state index contributed by atoms with van der Waals surface area (Å²) in [6, 6.07) is 0. The monoisotopic (exact) mass is 216 g/mol. The minimum atomic E-state index is -0.0185. The molecular weight excluding hydrogens is 200 g/mol. The summed E-state index contributed by atoms with van der Waals surface area (Å²) in [6.07, 6.45) is 1.78. The van der Waals surface area contributed by atoms with Crippen LogP contribution < -0.4 is 0 Å². The van der Waals surface area contributed by atoms with Crippen molar-refractivity contribution in [2.75, 3.05) is 33.0 Å². The van der Waals surface area contributed by atoms with E-state index in [4.69, 9.17) is 23.7 Å². The van der Waals surface area contributed by atoms with Crippen molar-refractivity contribution in [1.29, 1.82) is 0 Å². The van der Waals surface area contributed by atoms with Crippen LogP contribution in [0.2, 0.25) is 0 Å². The molecule has 3 fully saturated rings. The summed E-state index contributed by atoms with van der Waals surface area (Å²) in [7, 11) is 0. The lowest BCUT2D eigenvalue weighted by molar-refractivity contribution is 0.0405. The second-order valence-corrected chi connectivity index (χ2v) is 4.15. The van der Waals surface area contributed by atoms with Crippen molar-refractivity contribution in [3.8, 4) is 0 Å². The summed E-state index contributed by atoms with van der Waals surface area (Å²) in [5.41, 5.74) is 0. The fourth-order valence-electron chi connectivity index (χ4n) is 1.42. The molecule has 5 heteroatoms. The fourth-order valence-corrected chi connectivity index (χ4v) is 1.42. The standard InChI is InChI=1S/C10H16O5/c1(2-11-3-7-4-12-7)9-10(15-9)14-6-8-5-13-8/h7-10H,1-6H2. The van der Waals surface area contributed by atoms with E-state index in [1.807, 2.05) is 0 Å². The Kier molecular flexibility index (Phi) is 2.90. The van der Waals surface area contributed by atoms with Gasteiger partial charge in [0.1, 0.15) is 18.3 Å². The van der Waals surface area contributed by atoms with Crippen LogP contribution in [0.15, 0.2) is 0 Å². The zero-order valence-corrected chi connectivity index (χ0v) is 8.59. The van der Waals surface area contributed by atoms with Crippen LogP contribution in [0, 0.1) is 0 Å². The Bertz CT molecular complexity index is 214. The van der Waals surface area contributed by atoms with E-state index in [9.17, 15) is 0 Å². The zero-order chi connectivity index (χ0) is 10.1. The lowest BCUT2D eigenvalue weighted by Crippen LogP contribution is -2.09. The summed E-state index contributed by atoms with van der Waals surface area (Å²) in [5.74, 6) is 0. The number of hydrogen-bond acceptors (Lipinski definition) is 5. The van der Waals surface area contributed by atoms with Gasteiger partial charge >= 0.3 is 0 Å². The smallest absolute Gasteiger partial charge is 0.184 e. The van der Waals surface area contributed by atoms with Gasteiger partial charge in [-0.3, -0.25) is 0 Å². The van der Waals surface area contributed by atoms with Gasteiger partial charge in [-0.1, -0.05) is 0 Å². The third-order valence-corrected chi connectivity index (χ3v) is 2.64. The summed E-state index contributed by atoms with van der Waals surface area (Å²) in [6.45, 7) is 3.80. The van der Waals surface area contributed by atoms with Crippen LogP contribution in [0.5, 0.6) is 0 Å². The Balaban J connectivity index is 1.17. The topological polar surface area (TPSA) is 56.0 Å². The van der Waals surface area contributed by atoms with Crippen LogP contribution in [0.1, 0.15) is 6.42 Å². The van der Waals surface area contributed by atoms with E-state index < -0.39 is 0 Å². The first-order chi connectivity index (χ1) is 7.42. The van der Waals surface area contributed by atoms with E-state index >= 15 is 0 Å². The molecule has 0 saturated carbocycles. The molecule has 0 aromatic carbocycles. The van der Waals surface area contributed by atoms with Crippen molar-refractivity contribution >= 4 is 0 Å². The Morgan fingerprint density at radius 1 is 1.07 bits per heavy atom. The van der Waals surface area contributed by atoms with E-state index in [1.54, 1.807) is 0 Å². The Morgan fingerprint density at radius 2 is 1.80 bits per heavy atom. The predicted molar refractivity (Wildman–Crippen MR) is 49.5 cm³/mol. The highest BCUT2D eigenvalue weighted by atomic mass is 16.8. The van der Waals surface area contributed by atoms with Gasteiger partial charge in [-0.05, 0) is 0 Å². The van der Waals surface area contributed by atoms with Crippen molar-refractivity contribution < 1.29 is 23.7 Å². The van der Waals surface area contributed by atoms with Gasteiger partial charge in [0.25, 0.3) is 0 Å². The predicted octanol–water partition coefficient (Wildman–Crippen LogP) is -0.0678. The quantitative estimate of drug-likeness (QED) is 0.420. The molecule has 3 saturated heterocycles. The largest absolute Gasteiger partial charge is 0.379 e. The molecule has 0 spiro atoms. The van der Waals surface area contributed by atoms with E-state index in [0.717, 1.165) is 26.2 Å². The van der Waals surface area contributed by atoms with E-state index in [1.165, 1.54) is 0 Å². The third-order valence-electron chi connectivity index (χ3n) is 2.64. The first-order valence-corrected chi connectivity index (χ1v) is 5.50. The Hall–Kier alpha value is -0.200. The maximum atomic E-state index is 5.45. The molecule has 3 aliphatic rings. The van der Waals surface area contributed by atoms with Gasteiger partial charge in [-0.25, -0.2) is 0 Å². The summed E-state index contributed by atoms with van der Waals surface area (Å²) in [4.78, 5) is 0. The van der Waals surface area contributed by atoms with Gasteiger partial charge in [0, 0.05) is 13.0 Å². The average molecular weight is 216 g/mol. The molecule has 4 atom stereocenters. The molecule has 3 rings (SSSR count). The van der Waals surface area contributed by atoms with Gasteiger partial charge in [0.05, 0.1) is 26.4 Å². The molecule has 0 aromatic rings. The van der Waals surface area contributed by atoms with Crippen LogP contribution >= 0.6 is 0 Å². The van der Waals surface area contributed by atoms with Crippen LogP contribution in [0.25, 0.3) is 0 Å². The third kappa shape index (κ3) is 3.39. The van der Waals surface area contributed by atoms with Crippen molar-refractivity contribution in [3.63, 3.8) is 0 Å². The molecule has 4 unspecified atom stereocenters. The number of hydrogen-bond donors (Lipinski definition) is 0. The Morgan fingerprint density at radius 3 is 2.53 bits per heavy atom. The molecule has 0 radical (unpaired) electrons. The lowest BCUT2D eigenvalue weighted by atomic mass is 10.3. The number of rotatable bonds is 8. The molecule has 0 aromatic heterocycles. The average Bonchev–Trinajstić information content (AvgIpc) is 3.12. The molecule has 0 N–H and O–H groups in total. The van der Waals surface area contributed by atoms with E-state index in [2.05, 4.69) is 0 Å². The Labute approximate surface area is 88.6 Å². The van der Waals surface area contributed by atoms with Crippen molar-refractivity contribution in [2.45, 2.75) is 31.0 Å². The van der Waals surface area contributed by atoms with Crippen LogP contribution in [-0.4, -0.2) is 57.6 Å². The number of epoxide rings is 3. The SMILES string of the molecule is C(CC1OC1OCC1CO1)OCC1CO1. The molecule has 15 heavy (non-hydrogen) atoms. The molecule has 3 aliphatic heterocycles. The minimum absolute atomic E-state index is 0.0185. The lowest BCUT2D eigenvalue weighted by Gasteiger charge is -1.99. The molecule has 0 bridgehead atoms. The van der Waals surface area contributed by atoms with Gasteiger partial charge in [-0.15, -0.1) is 0 Å². The van der Waals surface area contributed by atoms with Crippen molar-refractivity contribution in [2.24, 2.45) is 0 Å². The van der Waals surface area contributed by atoms with Gasteiger partial charge in [-0.2, -0.15) is 0 Å². The second-order valence-electron chi connectivity index (χ2n) is 4.15. The maximum absolute atomic E-state index is 5.45. The molecule has 0 amide bonds. The van der Waals surface area contributed by atoms with Gasteiger partial charge < -0.3 is 23.7 Å².